The summed E-state index contributed by atoms with van der Waals surface area (Å²) in [7, 11) is 3.49. The molecular formula is C44H67Br2N9O10S. The Balaban J connectivity index is 0.000000825. The van der Waals surface area contributed by atoms with Gasteiger partial charge in [-0.2, -0.15) is 11.8 Å². The van der Waals surface area contributed by atoms with Crippen LogP contribution in [0.5, 0.6) is 0 Å². The van der Waals surface area contributed by atoms with Gasteiger partial charge in [0, 0.05) is 69.6 Å². The number of thioether (sulfide) groups is 1. The van der Waals surface area contributed by atoms with Crippen molar-refractivity contribution in [2.24, 2.45) is 23.1 Å². The van der Waals surface area contributed by atoms with Crippen molar-refractivity contribution >= 4 is 96.4 Å². The monoisotopic (exact) mass is 1070 g/mol. The maximum absolute atomic E-state index is 11.5. The van der Waals surface area contributed by atoms with Crippen LogP contribution in [0.3, 0.4) is 0 Å². The fourth-order valence-electron chi connectivity index (χ4n) is 5.63. The number of carbonyl (C=O) groups is 9. The van der Waals surface area contributed by atoms with Crippen molar-refractivity contribution in [3.63, 3.8) is 0 Å². The summed E-state index contributed by atoms with van der Waals surface area (Å²) in [6, 6.07) is 16.6. The summed E-state index contributed by atoms with van der Waals surface area (Å²) < 4.78 is 5.20. The van der Waals surface area contributed by atoms with E-state index in [2.05, 4.69) is 88.0 Å². The number of fused-ring (bicyclic) bond motifs is 3. The largest absolute Gasteiger partial charge is 0.465 e. The highest BCUT2D eigenvalue weighted by molar-refractivity contribution is 9.09. The van der Waals surface area contributed by atoms with E-state index in [1.54, 1.807) is 14.1 Å². The number of rotatable bonds is 18. The number of nitrogens with two attached hydrogens (primary N) is 3. The lowest BCUT2D eigenvalue weighted by atomic mass is 9.98. The topological polar surface area (TPSA) is 313 Å². The van der Waals surface area contributed by atoms with Gasteiger partial charge in [-0.3, -0.25) is 43.2 Å². The Morgan fingerprint density at radius 1 is 0.727 bits per heavy atom. The highest BCUT2D eigenvalue weighted by atomic mass is 79.9. The molecule has 2 aromatic carbocycles. The van der Waals surface area contributed by atoms with E-state index in [1.807, 2.05) is 24.3 Å². The van der Waals surface area contributed by atoms with E-state index in [-0.39, 0.29) is 116 Å². The van der Waals surface area contributed by atoms with Gasteiger partial charge in [-0.1, -0.05) is 80.4 Å². The average molecular weight is 1070 g/mol. The summed E-state index contributed by atoms with van der Waals surface area (Å²) in [4.78, 5) is 98.6. The van der Waals surface area contributed by atoms with Crippen LogP contribution in [-0.4, -0.2) is 135 Å². The normalized spacial score (nSPS) is 14.0. The number of halogens is 2. The van der Waals surface area contributed by atoms with Gasteiger partial charge >= 0.3 is 5.97 Å². The van der Waals surface area contributed by atoms with Gasteiger partial charge in [0.25, 0.3) is 0 Å². The highest BCUT2D eigenvalue weighted by Crippen LogP contribution is 2.44. The summed E-state index contributed by atoms with van der Waals surface area (Å²) >= 11 is 7.48. The van der Waals surface area contributed by atoms with Crippen molar-refractivity contribution in [3.05, 3.63) is 59.7 Å². The van der Waals surface area contributed by atoms with Crippen molar-refractivity contribution in [1.82, 2.24) is 31.9 Å². The second-order valence-electron chi connectivity index (χ2n) is 14.2. The Kier molecular flexibility index (Phi) is 36.1. The van der Waals surface area contributed by atoms with Crippen LogP contribution in [-0.2, 0) is 47.9 Å². The molecule has 1 saturated heterocycles. The molecule has 2 aromatic rings. The van der Waals surface area contributed by atoms with Gasteiger partial charge in [-0.05, 0) is 42.8 Å². The Bertz CT molecular complexity index is 1780. The van der Waals surface area contributed by atoms with Crippen LogP contribution in [0.15, 0.2) is 48.5 Å². The number of ketones is 4. The average Bonchev–Trinajstić information content (AvgIpc) is 3.63. The minimum absolute atomic E-state index is 0.00144. The van der Waals surface area contributed by atoms with Gasteiger partial charge in [0.15, 0.2) is 0 Å². The number of esters is 1. The molecule has 368 valence electrons. The van der Waals surface area contributed by atoms with Gasteiger partial charge < -0.3 is 53.8 Å². The third-order valence-corrected chi connectivity index (χ3v) is 11.5. The van der Waals surface area contributed by atoms with E-state index in [4.69, 9.17) is 21.9 Å². The summed E-state index contributed by atoms with van der Waals surface area (Å²) in [5.41, 5.74) is 20.4. The number of nitrogens with one attached hydrogen (secondary N) is 6. The lowest BCUT2D eigenvalue weighted by molar-refractivity contribution is -0.141. The molecule has 4 rings (SSSR count). The molecule has 66 heavy (non-hydrogen) atoms. The van der Waals surface area contributed by atoms with E-state index in [0.717, 1.165) is 0 Å². The van der Waals surface area contributed by atoms with Crippen molar-refractivity contribution in [2.45, 2.75) is 57.8 Å². The number of ether oxygens (including phenoxy) is 1. The number of Topliss-reactive ketones (excluding diaryl/α,β-unsaturated/α-hetero) is 4. The molecule has 1 aliphatic heterocycles. The SMILES string of the molecule is CC(=O)OCC1c2ccccc2-c2ccccc21.CNCNC(=O)CCC(=O)CBr.CNCNC(=O)CN.NCC(=O)C1CCNC(=O)CCC(=O)CSC1.NCNC(=O)CCC(=O)CBr. The molecule has 1 aliphatic carbocycles. The Hall–Kier alpha value is -4.42. The van der Waals surface area contributed by atoms with Gasteiger partial charge in [-0.15, -0.1) is 0 Å². The molecule has 0 radical (unpaired) electrons. The molecule has 0 spiro atoms. The first kappa shape index (κ1) is 61.6. The van der Waals surface area contributed by atoms with Gasteiger partial charge in [-0.25, -0.2) is 0 Å². The molecule has 1 atom stereocenters. The molecule has 4 amide bonds. The molecule has 12 N–H and O–H groups in total. The molecule has 19 nitrogen and oxygen atoms in total. The van der Waals surface area contributed by atoms with Crippen molar-refractivity contribution in [2.75, 3.05) is 82.5 Å². The van der Waals surface area contributed by atoms with Gasteiger partial charge in [0.2, 0.25) is 23.6 Å². The zero-order valence-electron chi connectivity index (χ0n) is 38.0. The molecule has 1 fully saturated rings. The summed E-state index contributed by atoms with van der Waals surface area (Å²) in [5.74, 6) is 0.369. The Labute approximate surface area is 408 Å². The lowest BCUT2D eigenvalue weighted by Crippen LogP contribution is -2.35. The fourth-order valence-corrected chi connectivity index (χ4v) is 7.32. The second kappa shape index (κ2) is 38.7. The van der Waals surface area contributed by atoms with Crippen LogP contribution in [0.1, 0.15) is 68.9 Å². The lowest BCUT2D eigenvalue weighted by Gasteiger charge is -2.13. The molecule has 1 unspecified atom stereocenters. The zero-order chi connectivity index (χ0) is 49.7. The smallest absolute Gasteiger partial charge is 0.302 e. The number of hydrogen-bond acceptors (Lipinski definition) is 16. The third kappa shape index (κ3) is 28.6. The molecule has 0 saturated carbocycles. The first-order chi connectivity index (χ1) is 31.6. The quantitative estimate of drug-likeness (QED) is 0.0574. The van der Waals surface area contributed by atoms with Crippen LogP contribution >= 0.6 is 43.6 Å². The minimum atomic E-state index is -0.225. The van der Waals surface area contributed by atoms with E-state index in [9.17, 15) is 43.2 Å². The van der Waals surface area contributed by atoms with Crippen LogP contribution in [0.25, 0.3) is 11.1 Å². The fraction of sp³-hybridized carbons (Fsp3) is 0.523. The second-order valence-corrected chi connectivity index (χ2v) is 16.4. The number of hydrogen-bond donors (Lipinski definition) is 9. The molecule has 0 bridgehead atoms. The summed E-state index contributed by atoms with van der Waals surface area (Å²) in [6.45, 7) is 3.48. The molecule has 0 aromatic heterocycles. The van der Waals surface area contributed by atoms with Crippen LogP contribution < -0.4 is 49.1 Å². The highest BCUT2D eigenvalue weighted by Gasteiger charge is 2.28. The minimum Gasteiger partial charge on any atom is -0.465 e. The molecule has 22 heteroatoms. The van der Waals surface area contributed by atoms with Crippen LogP contribution in [0.4, 0.5) is 0 Å². The van der Waals surface area contributed by atoms with Crippen molar-refractivity contribution in [3.8, 4) is 11.1 Å². The first-order valence-corrected chi connectivity index (χ1v) is 24.6. The standard InChI is InChI=1S/C16H14O2.C11H18N2O3S.C7H13BrN2O2.C6H11BrN2O2.C4H11N3O/c1-11(17)18-10-16-14-8-4-2-6-12(14)13-7-3-5-9-15(13)16;12-5-10(15)8-3-4-13-11(16)2-1-9(14)7-17-6-8;1-9-5-10-7(12)3-2-6(11)4-8;7-3-5(10)1-2-6(11)9-4-8;1-6-3-7-4(8)2-5/h2-9,16H,10H2,1H3;8H,1-7,12H2,(H,13,16);9H,2-5H2,1H3,(H,10,12);1-4,8H2,(H,9,11);6H,2-3,5H2,1H3,(H,7,8). The van der Waals surface area contributed by atoms with E-state index < -0.39 is 0 Å². The molecule has 2 aliphatic rings. The number of alkyl halides is 2. The van der Waals surface area contributed by atoms with Gasteiger partial charge in [0.05, 0.1) is 49.5 Å². The van der Waals surface area contributed by atoms with E-state index in [0.29, 0.717) is 61.5 Å². The maximum atomic E-state index is 11.5. The predicted molar refractivity (Wildman–Crippen MR) is 264 cm³/mol. The van der Waals surface area contributed by atoms with Crippen molar-refractivity contribution in [1.29, 1.82) is 0 Å². The predicted octanol–water partition coefficient (Wildman–Crippen LogP) is 1.12. The first-order valence-electron chi connectivity index (χ1n) is 21.2. The summed E-state index contributed by atoms with van der Waals surface area (Å²) in [5, 5.41) is 16.4. The number of benzene rings is 2. The summed E-state index contributed by atoms with van der Waals surface area (Å²) in [6.07, 6.45) is 2.21. The van der Waals surface area contributed by atoms with Crippen LogP contribution in [0, 0.1) is 5.92 Å². The Morgan fingerprint density at radius 2 is 1.24 bits per heavy atom. The molecule has 1 heterocycles. The maximum Gasteiger partial charge on any atom is 0.302 e. The Morgan fingerprint density at radius 3 is 1.71 bits per heavy atom. The number of carbonyl (C=O) groups excluding carboxylic acids is 9. The van der Waals surface area contributed by atoms with Crippen molar-refractivity contribution < 1.29 is 47.9 Å². The zero-order valence-corrected chi connectivity index (χ0v) is 42.0. The van der Waals surface area contributed by atoms with E-state index >= 15 is 0 Å². The molecular weight excluding hydrogens is 1010 g/mol. The number of amides is 4. The van der Waals surface area contributed by atoms with Crippen LogP contribution in [0.2, 0.25) is 0 Å². The van der Waals surface area contributed by atoms with E-state index in [1.165, 1.54) is 40.9 Å². The third-order valence-electron chi connectivity index (χ3n) is 9.07. The van der Waals surface area contributed by atoms with Gasteiger partial charge in [0.1, 0.15) is 29.7 Å².